The molecule has 2 saturated heterocycles. The molecular formula is C29H42O6P2. The highest BCUT2D eigenvalue weighted by atomic mass is 31.2. The van der Waals surface area contributed by atoms with E-state index in [4.69, 9.17) is 27.1 Å². The van der Waals surface area contributed by atoms with Gasteiger partial charge < -0.3 is 27.1 Å². The summed E-state index contributed by atoms with van der Waals surface area (Å²) < 4.78 is 35.7. The molecule has 0 radical (unpaired) electrons. The Morgan fingerprint density at radius 1 is 0.622 bits per heavy atom. The van der Waals surface area contributed by atoms with Crippen molar-refractivity contribution in [2.75, 3.05) is 39.6 Å². The van der Waals surface area contributed by atoms with Gasteiger partial charge in [-0.2, -0.15) is 0 Å². The lowest BCUT2D eigenvalue weighted by atomic mass is 9.83. The number of hydrogen-bond donors (Lipinski definition) is 0. The lowest BCUT2D eigenvalue weighted by molar-refractivity contribution is -0.0758. The SMILES string of the molecule is CC(C)(C)c1ccccc1CCOP1OCC2(CO1)COP(OCCc1ccccc1C(C)(C)C)OC2. The van der Waals surface area contributed by atoms with E-state index in [0.29, 0.717) is 39.6 Å². The maximum Gasteiger partial charge on any atom is 0.332 e. The molecule has 0 aromatic heterocycles. The minimum absolute atomic E-state index is 0.104. The zero-order chi connectivity index (χ0) is 26.5. The van der Waals surface area contributed by atoms with Crippen molar-refractivity contribution in [3.05, 3.63) is 70.8 Å². The van der Waals surface area contributed by atoms with Gasteiger partial charge in [0.1, 0.15) is 0 Å². The van der Waals surface area contributed by atoms with Crippen LogP contribution in [0.25, 0.3) is 0 Å². The monoisotopic (exact) mass is 548 g/mol. The molecule has 6 nitrogen and oxygen atoms in total. The van der Waals surface area contributed by atoms with Crippen LogP contribution in [0.2, 0.25) is 0 Å². The van der Waals surface area contributed by atoms with Gasteiger partial charge >= 0.3 is 17.2 Å². The molecule has 8 heteroatoms. The topological polar surface area (TPSA) is 55.4 Å². The lowest BCUT2D eigenvalue weighted by Gasteiger charge is -2.41. The highest BCUT2D eigenvalue weighted by Gasteiger charge is 2.44. The van der Waals surface area contributed by atoms with E-state index in [1.54, 1.807) is 0 Å². The second kappa shape index (κ2) is 12.5. The van der Waals surface area contributed by atoms with Crippen LogP contribution in [-0.4, -0.2) is 39.6 Å². The molecule has 2 aromatic carbocycles. The van der Waals surface area contributed by atoms with Crippen LogP contribution in [0, 0.1) is 5.41 Å². The van der Waals surface area contributed by atoms with Gasteiger partial charge in [-0.15, -0.1) is 0 Å². The van der Waals surface area contributed by atoms with Gasteiger partial charge in [0, 0.05) is 0 Å². The Bertz CT molecular complexity index is 915. The molecule has 0 N–H and O–H groups in total. The summed E-state index contributed by atoms with van der Waals surface area (Å²) in [6, 6.07) is 17.1. The van der Waals surface area contributed by atoms with Crippen molar-refractivity contribution in [2.45, 2.75) is 65.2 Å². The van der Waals surface area contributed by atoms with E-state index in [2.05, 4.69) is 90.1 Å². The average molecular weight is 549 g/mol. The Balaban J connectivity index is 1.16. The van der Waals surface area contributed by atoms with Crippen molar-refractivity contribution in [2.24, 2.45) is 5.41 Å². The van der Waals surface area contributed by atoms with E-state index in [-0.39, 0.29) is 16.2 Å². The van der Waals surface area contributed by atoms with Crippen molar-refractivity contribution in [3.8, 4) is 0 Å². The molecule has 2 aliphatic heterocycles. The zero-order valence-electron chi connectivity index (χ0n) is 23.1. The minimum Gasteiger partial charge on any atom is -0.312 e. The van der Waals surface area contributed by atoms with E-state index in [0.717, 1.165) is 12.8 Å². The first kappa shape index (κ1) is 29.1. The third kappa shape index (κ3) is 8.03. The molecule has 0 saturated carbocycles. The molecule has 0 atom stereocenters. The largest absolute Gasteiger partial charge is 0.332 e. The smallest absolute Gasteiger partial charge is 0.312 e. The standard InChI is InChI=1S/C29H42O6P2/c1-27(2,3)25-13-9-7-11-23(25)15-17-30-36-32-19-29(20-33-36)21-34-37(35-22-29)31-18-16-24-12-8-10-14-26(24)28(4,5)6/h7-14H,15-22H2,1-6H3. The van der Waals surface area contributed by atoms with Crippen molar-refractivity contribution < 1.29 is 27.1 Å². The average Bonchev–Trinajstić information content (AvgIpc) is 2.86. The lowest BCUT2D eigenvalue weighted by Crippen LogP contribution is -2.44. The molecule has 1 spiro atoms. The van der Waals surface area contributed by atoms with Gasteiger partial charge in [-0.25, -0.2) is 0 Å². The van der Waals surface area contributed by atoms with Gasteiger partial charge in [-0.05, 0) is 45.9 Å². The Morgan fingerprint density at radius 3 is 1.32 bits per heavy atom. The van der Waals surface area contributed by atoms with Crippen molar-refractivity contribution >= 4 is 17.2 Å². The molecule has 2 aromatic rings. The zero-order valence-corrected chi connectivity index (χ0v) is 24.9. The molecular weight excluding hydrogens is 506 g/mol. The van der Waals surface area contributed by atoms with Crippen LogP contribution in [0.5, 0.6) is 0 Å². The Morgan fingerprint density at radius 2 is 0.973 bits per heavy atom. The molecule has 2 heterocycles. The molecule has 2 fully saturated rings. The van der Waals surface area contributed by atoms with Gasteiger partial charge in [0.05, 0.1) is 45.1 Å². The number of rotatable bonds is 8. The molecule has 0 aliphatic carbocycles. The van der Waals surface area contributed by atoms with Crippen LogP contribution in [-0.2, 0) is 50.8 Å². The van der Waals surface area contributed by atoms with Crippen molar-refractivity contribution in [1.29, 1.82) is 0 Å². The van der Waals surface area contributed by atoms with E-state index in [1.165, 1.54) is 22.3 Å². The molecule has 204 valence electrons. The summed E-state index contributed by atoms with van der Waals surface area (Å²) in [7, 11) is -2.71. The van der Waals surface area contributed by atoms with Crippen LogP contribution in [0.15, 0.2) is 48.5 Å². The summed E-state index contributed by atoms with van der Waals surface area (Å²) in [6.07, 6.45) is 1.66. The van der Waals surface area contributed by atoms with Gasteiger partial charge in [0.15, 0.2) is 0 Å². The summed E-state index contributed by atoms with van der Waals surface area (Å²) >= 11 is 0. The third-order valence-electron chi connectivity index (χ3n) is 6.69. The fraction of sp³-hybridized carbons (Fsp3) is 0.586. The summed E-state index contributed by atoms with van der Waals surface area (Å²) in [6.45, 7) is 16.6. The maximum absolute atomic E-state index is 5.96. The third-order valence-corrected chi connectivity index (χ3v) is 8.84. The van der Waals surface area contributed by atoms with Gasteiger partial charge in [0.25, 0.3) is 0 Å². The first-order valence-corrected chi connectivity index (χ1v) is 15.3. The molecule has 37 heavy (non-hydrogen) atoms. The van der Waals surface area contributed by atoms with Crippen molar-refractivity contribution in [1.82, 2.24) is 0 Å². The highest BCUT2D eigenvalue weighted by molar-refractivity contribution is 7.42. The predicted octanol–water partition coefficient (Wildman–Crippen LogP) is 7.63. The summed E-state index contributed by atoms with van der Waals surface area (Å²) in [5, 5.41) is 0. The van der Waals surface area contributed by atoms with Crippen LogP contribution < -0.4 is 0 Å². The normalized spacial score (nSPS) is 24.9. The van der Waals surface area contributed by atoms with E-state index < -0.39 is 17.2 Å². The summed E-state index contributed by atoms with van der Waals surface area (Å²) in [4.78, 5) is 0. The van der Waals surface area contributed by atoms with Gasteiger partial charge in [0.2, 0.25) is 0 Å². The molecule has 0 bridgehead atoms. The van der Waals surface area contributed by atoms with Crippen LogP contribution >= 0.6 is 17.2 Å². The highest BCUT2D eigenvalue weighted by Crippen LogP contribution is 2.53. The van der Waals surface area contributed by atoms with Crippen molar-refractivity contribution in [3.63, 3.8) is 0 Å². The fourth-order valence-electron chi connectivity index (χ4n) is 4.63. The first-order valence-electron chi connectivity index (χ1n) is 13.1. The van der Waals surface area contributed by atoms with Crippen LogP contribution in [0.1, 0.15) is 63.8 Å². The summed E-state index contributed by atoms with van der Waals surface area (Å²) in [5.41, 5.74) is 5.22. The predicted molar refractivity (Wildman–Crippen MR) is 150 cm³/mol. The Kier molecular flexibility index (Phi) is 9.81. The minimum atomic E-state index is -1.35. The quantitative estimate of drug-likeness (QED) is 0.316. The van der Waals surface area contributed by atoms with E-state index in [9.17, 15) is 0 Å². The molecule has 0 amide bonds. The Labute approximate surface area is 225 Å². The van der Waals surface area contributed by atoms with E-state index in [1.807, 2.05) is 0 Å². The fourth-order valence-corrected chi connectivity index (χ4v) is 7.08. The van der Waals surface area contributed by atoms with Crippen LogP contribution in [0.4, 0.5) is 0 Å². The second-order valence-electron chi connectivity index (χ2n) is 12.0. The molecule has 2 aliphatic rings. The van der Waals surface area contributed by atoms with Gasteiger partial charge in [-0.3, -0.25) is 0 Å². The number of benzene rings is 2. The molecule has 0 unspecified atom stereocenters. The summed E-state index contributed by atoms with van der Waals surface area (Å²) in [5.74, 6) is 0. The molecule has 4 rings (SSSR count). The second-order valence-corrected chi connectivity index (χ2v) is 14.5. The number of hydrogen-bond acceptors (Lipinski definition) is 6. The van der Waals surface area contributed by atoms with Crippen LogP contribution in [0.3, 0.4) is 0 Å². The Hall–Kier alpha value is -0.940. The first-order chi connectivity index (χ1) is 17.6. The van der Waals surface area contributed by atoms with E-state index >= 15 is 0 Å². The van der Waals surface area contributed by atoms with Gasteiger partial charge in [-0.1, -0.05) is 90.1 Å². The maximum atomic E-state index is 5.96.